The van der Waals surface area contributed by atoms with Crippen LogP contribution >= 0.6 is 0 Å². The third-order valence-corrected chi connectivity index (χ3v) is 1.55. The van der Waals surface area contributed by atoms with E-state index in [-0.39, 0.29) is 11.0 Å². The first-order valence-corrected chi connectivity index (χ1v) is 3.52. The van der Waals surface area contributed by atoms with Gasteiger partial charge in [-0.05, 0) is 6.92 Å². The normalized spacial score (nSPS) is 28.3. The minimum Gasteiger partial charge on any atom is -0.423 e. The molecule has 0 aromatic rings. The monoisotopic (exact) mass is 117 g/mol. The summed E-state index contributed by atoms with van der Waals surface area (Å²) in [6.45, 7) is 1.93. The summed E-state index contributed by atoms with van der Waals surface area (Å²) in [6, 6.07) is 0. The van der Waals surface area contributed by atoms with Crippen molar-refractivity contribution in [3.63, 3.8) is 0 Å². The van der Waals surface area contributed by atoms with Crippen LogP contribution in [0.2, 0.25) is 0 Å². The van der Waals surface area contributed by atoms with Crippen LogP contribution in [-0.4, -0.2) is 6.26 Å². The van der Waals surface area contributed by atoms with Gasteiger partial charge in [-0.15, -0.1) is 0 Å². The van der Waals surface area contributed by atoms with Crippen molar-refractivity contribution in [2.45, 2.75) is 6.92 Å². The summed E-state index contributed by atoms with van der Waals surface area (Å²) in [7, 11) is -0.171. The van der Waals surface area contributed by atoms with Crippen LogP contribution < -0.4 is 0 Å². The van der Waals surface area contributed by atoms with Crippen molar-refractivity contribution in [3.05, 3.63) is 12.0 Å². The van der Waals surface area contributed by atoms with Gasteiger partial charge in [-0.3, -0.25) is 0 Å². The molecular weight excluding hydrogens is 110 g/mol. The Balaban J connectivity index is 2.69. The van der Waals surface area contributed by atoms with Gasteiger partial charge in [0.05, 0.1) is 16.7 Å². The van der Waals surface area contributed by atoms with Crippen LogP contribution in [0.5, 0.6) is 0 Å². The van der Waals surface area contributed by atoms with Crippen molar-refractivity contribution in [1.29, 1.82) is 0 Å². The van der Waals surface area contributed by atoms with E-state index in [0.29, 0.717) is 0 Å². The average Bonchev–Trinajstić information content (AvgIpc) is 1.87. The third-order valence-electron chi connectivity index (χ3n) is 0.630. The van der Waals surface area contributed by atoms with E-state index < -0.39 is 0 Å². The highest BCUT2D eigenvalue weighted by Crippen LogP contribution is 2.06. The smallest absolute Gasteiger partial charge is 0.124 e. The second-order valence-corrected chi connectivity index (χ2v) is 2.59. The van der Waals surface area contributed by atoms with Crippen LogP contribution in [0, 0.1) is 0 Å². The zero-order valence-corrected chi connectivity index (χ0v) is 5.16. The van der Waals surface area contributed by atoms with Crippen molar-refractivity contribution in [2.24, 2.45) is 4.36 Å². The van der Waals surface area contributed by atoms with Gasteiger partial charge in [0.25, 0.3) is 0 Å². The fraction of sp³-hybridized carbons (Fsp3) is 0.500. The molecule has 0 N–H and O–H groups in total. The van der Waals surface area contributed by atoms with Gasteiger partial charge in [-0.25, -0.2) is 0 Å². The van der Waals surface area contributed by atoms with E-state index in [2.05, 4.69) is 4.36 Å². The maximum atomic E-state index is 4.96. The van der Waals surface area contributed by atoms with Crippen LogP contribution in [0.4, 0.5) is 0 Å². The van der Waals surface area contributed by atoms with E-state index in [0.717, 1.165) is 5.70 Å². The van der Waals surface area contributed by atoms with E-state index in [1.807, 2.05) is 13.2 Å². The Morgan fingerprint density at radius 2 is 2.57 bits per heavy atom. The summed E-state index contributed by atoms with van der Waals surface area (Å²) in [5, 5.41) is 0. The molecule has 1 heterocycles. The first-order chi connectivity index (χ1) is 3.29. The van der Waals surface area contributed by atoms with E-state index >= 15 is 0 Å². The lowest BCUT2D eigenvalue weighted by Gasteiger charge is -1.85. The van der Waals surface area contributed by atoms with Gasteiger partial charge in [-0.2, -0.15) is 4.36 Å². The molecule has 1 rings (SSSR count). The molecule has 1 unspecified atom stereocenters. The van der Waals surface area contributed by atoms with Crippen LogP contribution in [0.3, 0.4) is 0 Å². The average molecular weight is 117 g/mol. The highest BCUT2D eigenvalue weighted by Gasteiger charge is 1.95. The van der Waals surface area contributed by atoms with Crippen molar-refractivity contribution < 1.29 is 4.18 Å². The molecule has 1 aliphatic rings. The van der Waals surface area contributed by atoms with Gasteiger partial charge in [-0.1, -0.05) is 0 Å². The molecule has 40 valence electrons. The van der Waals surface area contributed by atoms with E-state index in [1.54, 1.807) is 6.26 Å². The minimum atomic E-state index is -0.171. The summed E-state index contributed by atoms with van der Waals surface area (Å²) in [4.78, 5) is 0. The summed E-state index contributed by atoms with van der Waals surface area (Å²) in [5.41, 5.74) is 0.992. The Morgan fingerprint density at radius 3 is 2.71 bits per heavy atom. The zero-order valence-electron chi connectivity index (χ0n) is 4.34. The zero-order chi connectivity index (χ0) is 5.28. The van der Waals surface area contributed by atoms with Gasteiger partial charge in [0, 0.05) is 6.26 Å². The number of nitrogens with zero attached hydrogens (tertiary/aromatic N) is 1. The number of rotatable bonds is 0. The lowest BCUT2D eigenvalue weighted by atomic mass is 10.6. The SMILES string of the molecule is CC1=COS(C)=N1. The Bertz CT molecular complexity index is 139. The third kappa shape index (κ3) is 1.03. The van der Waals surface area contributed by atoms with Crippen molar-refractivity contribution in [3.8, 4) is 0 Å². The lowest BCUT2D eigenvalue weighted by Crippen LogP contribution is -1.76. The Labute approximate surface area is 45.5 Å². The molecule has 0 amide bonds. The molecule has 0 saturated carbocycles. The fourth-order valence-corrected chi connectivity index (χ4v) is 1.16. The highest BCUT2D eigenvalue weighted by molar-refractivity contribution is 7.82. The van der Waals surface area contributed by atoms with Crippen LogP contribution in [0.15, 0.2) is 16.3 Å². The topological polar surface area (TPSA) is 21.6 Å². The molecule has 3 heteroatoms. The van der Waals surface area contributed by atoms with Gasteiger partial charge in [0.15, 0.2) is 0 Å². The molecule has 1 atom stereocenters. The fourth-order valence-electron chi connectivity index (χ4n) is 0.385. The Kier molecular flexibility index (Phi) is 1.15. The number of allylic oxidation sites excluding steroid dienone is 1. The molecule has 0 bridgehead atoms. The highest BCUT2D eigenvalue weighted by atomic mass is 32.2. The quantitative estimate of drug-likeness (QED) is 0.467. The number of hydrogen-bond acceptors (Lipinski definition) is 2. The van der Waals surface area contributed by atoms with E-state index in [4.69, 9.17) is 4.18 Å². The van der Waals surface area contributed by atoms with Gasteiger partial charge in [0.2, 0.25) is 0 Å². The predicted molar refractivity (Wildman–Crippen MR) is 30.6 cm³/mol. The molecular formula is C4H7NOS. The second-order valence-electron chi connectivity index (χ2n) is 1.37. The standard InChI is InChI=1S/C4H7NOS/c1-4-3-6-7(2)5-4/h3H,1-2H3. The van der Waals surface area contributed by atoms with Gasteiger partial charge in [0.1, 0.15) is 6.26 Å². The molecule has 0 saturated heterocycles. The number of hydrogen-bond donors (Lipinski definition) is 0. The van der Waals surface area contributed by atoms with Gasteiger partial charge < -0.3 is 4.18 Å². The van der Waals surface area contributed by atoms with Crippen molar-refractivity contribution in [2.75, 3.05) is 6.26 Å². The van der Waals surface area contributed by atoms with Gasteiger partial charge >= 0.3 is 0 Å². The minimum absolute atomic E-state index is 0.171. The molecule has 0 spiro atoms. The summed E-state index contributed by atoms with van der Waals surface area (Å²) >= 11 is 0. The largest absolute Gasteiger partial charge is 0.423 e. The predicted octanol–water partition coefficient (Wildman–Crippen LogP) is 1.22. The molecule has 2 nitrogen and oxygen atoms in total. The summed E-state index contributed by atoms with van der Waals surface area (Å²) in [5.74, 6) is 0. The summed E-state index contributed by atoms with van der Waals surface area (Å²) in [6.07, 6.45) is 3.62. The van der Waals surface area contributed by atoms with Crippen LogP contribution in [0.1, 0.15) is 6.92 Å². The first kappa shape index (κ1) is 4.84. The van der Waals surface area contributed by atoms with Crippen molar-refractivity contribution >= 4 is 11.0 Å². The Morgan fingerprint density at radius 1 is 1.86 bits per heavy atom. The maximum Gasteiger partial charge on any atom is 0.124 e. The maximum absolute atomic E-state index is 4.96. The van der Waals surface area contributed by atoms with Crippen molar-refractivity contribution in [1.82, 2.24) is 0 Å². The molecule has 0 aliphatic carbocycles. The van der Waals surface area contributed by atoms with Crippen LogP contribution in [0.25, 0.3) is 0 Å². The molecule has 0 fully saturated rings. The Hall–Kier alpha value is -0.310. The molecule has 7 heavy (non-hydrogen) atoms. The van der Waals surface area contributed by atoms with Crippen LogP contribution in [-0.2, 0) is 15.2 Å². The molecule has 1 aliphatic heterocycles. The van der Waals surface area contributed by atoms with E-state index in [9.17, 15) is 0 Å². The molecule has 0 radical (unpaired) electrons. The molecule has 0 aromatic heterocycles. The second kappa shape index (κ2) is 1.66. The first-order valence-electron chi connectivity index (χ1n) is 2.01. The summed E-state index contributed by atoms with van der Waals surface area (Å²) < 4.78 is 9.02. The molecule has 0 aromatic carbocycles. The van der Waals surface area contributed by atoms with E-state index in [1.165, 1.54) is 0 Å². The lowest BCUT2D eigenvalue weighted by molar-refractivity contribution is 0.563.